The topological polar surface area (TPSA) is 96.7 Å². The van der Waals surface area contributed by atoms with E-state index in [4.69, 9.17) is 5.11 Å². The van der Waals surface area contributed by atoms with Crippen molar-refractivity contribution in [3.63, 3.8) is 0 Å². The van der Waals surface area contributed by atoms with Gasteiger partial charge in [0.05, 0.1) is 17.9 Å². The number of nitrogens with zero attached hydrogens (tertiary/aromatic N) is 3. The number of aliphatic hydroxyl groups is 1. The normalized spacial score (nSPS) is 11.6. The second kappa shape index (κ2) is 8.35. The van der Waals surface area contributed by atoms with Gasteiger partial charge in [-0.05, 0) is 0 Å². The molecule has 0 unspecified atom stereocenters. The van der Waals surface area contributed by atoms with Gasteiger partial charge < -0.3 is 15.3 Å². The molecule has 7 nitrogen and oxygen atoms in total. The quantitative estimate of drug-likeness (QED) is 0.569. The third-order valence-corrected chi connectivity index (χ3v) is 2.15. The van der Waals surface area contributed by atoms with Gasteiger partial charge in [0.2, 0.25) is 5.82 Å². The molecule has 0 fully saturated rings. The number of halogens is 3. The minimum atomic E-state index is -4.76. The summed E-state index contributed by atoms with van der Waals surface area (Å²) in [4.78, 5) is 22.3. The van der Waals surface area contributed by atoms with Crippen molar-refractivity contribution in [3.05, 3.63) is 23.3 Å². The summed E-state index contributed by atoms with van der Waals surface area (Å²) in [6, 6.07) is 0. The molecule has 2 N–H and O–H groups in total. The average molecular weight is 381 g/mol. The average Bonchev–Trinajstić information content (AvgIpc) is 2.42. The van der Waals surface area contributed by atoms with Crippen molar-refractivity contribution in [1.29, 1.82) is 0 Å². The Labute approximate surface area is 142 Å². The van der Waals surface area contributed by atoms with Gasteiger partial charge in [-0.2, -0.15) is 13.2 Å². The number of carbonyl (C=O) groups is 1. The number of hydrogen-bond acceptors (Lipinski definition) is 6. The molecule has 0 aliphatic rings. The Morgan fingerprint density at radius 2 is 2.14 bits per heavy atom. The number of amides is 1. The second-order valence-electron chi connectivity index (χ2n) is 3.41. The maximum Gasteiger partial charge on any atom is 0.451 e. The Hall–Kier alpha value is -1.13. The Morgan fingerprint density at radius 1 is 1.52 bits per heavy atom. The van der Waals surface area contributed by atoms with Gasteiger partial charge in [-0.1, -0.05) is 5.16 Å². The summed E-state index contributed by atoms with van der Waals surface area (Å²) in [5.41, 5.74) is -0.874. The summed E-state index contributed by atoms with van der Waals surface area (Å²) < 4.78 is 37.4. The fourth-order valence-corrected chi connectivity index (χ4v) is 1.29. The fraction of sp³-hybridized carbons (Fsp3) is 0.400. The van der Waals surface area contributed by atoms with E-state index >= 15 is 0 Å². The van der Waals surface area contributed by atoms with E-state index in [0.29, 0.717) is 0 Å². The van der Waals surface area contributed by atoms with Crippen LogP contribution in [0.4, 0.5) is 13.2 Å². The zero-order valence-corrected chi connectivity index (χ0v) is 13.9. The first-order valence-corrected chi connectivity index (χ1v) is 5.22. The predicted molar refractivity (Wildman–Crippen MR) is 60.6 cm³/mol. The first-order valence-electron chi connectivity index (χ1n) is 5.22. The molecule has 1 radical (unpaired) electrons. The first kappa shape index (κ1) is 19.9. The summed E-state index contributed by atoms with van der Waals surface area (Å²) in [7, 11) is 2.46. The van der Waals surface area contributed by atoms with E-state index in [0.717, 1.165) is 13.3 Å². The van der Waals surface area contributed by atoms with Gasteiger partial charge >= 0.3 is 6.18 Å². The summed E-state index contributed by atoms with van der Waals surface area (Å²) >= 11 is 0. The molecule has 1 aromatic heterocycles. The molecule has 1 amide bonds. The van der Waals surface area contributed by atoms with Crippen LogP contribution < -0.4 is 5.32 Å². The van der Waals surface area contributed by atoms with E-state index in [1.807, 2.05) is 0 Å². The van der Waals surface area contributed by atoms with Crippen LogP contribution in [0.3, 0.4) is 0 Å². The van der Waals surface area contributed by atoms with Gasteiger partial charge in [0, 0.05) is 46.0 Å². The third-order valence-electron chi connectivity index (χ3n) is 2.15. The number of alkyl halides is 3. The molecule has 0 saturated heterocycles. The van der Waals surface area contributed by atoms with Gasteiger partial charge in [0.25, 0.3) is 5.91 Å². The van der Waals surface area contributed by atoms with Gasteiger partial charge in [-0.3, -0.25) is 4.79 Å². The summed E-state index contributed by atoms with van der Waals surface area (Å²) in [5, 5.41) is 14.7. The van der Waals surface area contributed by atoms with Crippen molar-refractivity contribution >= 4 is 11.6 Å². The molecule has 1 aromatic rings. The Morgan fingerprint density at radius 3 is 2.57 bits per heavy atom. The van der Waals surface area contributed by atoms with E-state index < -0.39 is 24.5 Å². The molecule has 0 aromatic carbocycles. The van der Waals surface area contributed by atoms with Crippen LogP contribution in [0.1, 0.15) is 17.1 Å². The summed E-state index contributed by atoms with van der Waals surface area (Å²) in [5.74, 6) is -2.14. The Balaban J connectivity index is 0.00000400. The molecule has 11 heteroatoms. The Bertz CT molecular complexity index is 537. The zero-order valence-electron chi connectivity index (χ0n) is 11.1. The number of likely N-dealkylation sites (N-methyl/N-ethyl adjacent to an activating group) is 1. The maximum atomic E-state index is 12.5. The summed E-state index contributed by atoms with van der Waals surface area (Å²) in [6.45, 7) is -0.819. The van der Waals surface area contributed by atoms with Gasteiger partial charge in [0.1, 0.15) is 7.11 Å². The van der Waals surface area contributed by atoms with Crippen molar-refractivity contribution in [1.82, 2.24) is 15.3 Å². The fourth-order valence-electron chi connectivity index (χ4n) is 1.29. The van der Waals surface area contributed by atoms with Crippen LogP contribution in [0.25, 0.3) is 0 Å². The van der Waals surface area contributed by atoms with Gasteiger partial charge in [-0.25, -0.2) is 9.97 Å². The number of oxime groups is 1. The number of carbonyl (C=O) groups excluding carboxylic acids is 1. The number of nitrogens with one attached hydrogen (secondary N) is 1. The monoisotopic (exact) mass is 381 g/mol. The van der Waals surface area contributed by atoms with Gasteiger partial charge in [-0.15, -0.1) is 0 Å². The zero-order chi connectivity index (χ0) is 15.3. The smallest absolute Gasteiger partial charge is 0.398 e. The standard InChI is InChI=1S/C10H11F3N4O3.Y/c1-14-8(19)7(17-20-2)5-3-15-9(10(11,12)13)16-6(5)4-18;/h3,18H,4H2,1-2H3,(H,14,19);/b17-7+;. The molecule has 21 heavy (non-hydrogen) atoms. The molecule has 0 saturated carbocycles. The molecule has 0 aliphatic heterocycles. The largest absolute Gasteiger partial charge is 0.451 e. The van der Waals surface area contributed by atoms with Crippen LogP contribution in [-0.2, 0) is 55.1 Å². The number of aromatic nitrogens is 2. The van der Waals surface area contributed by atoms with E-state index in [-0.39, 0.29) is 49.7 Å². The molecule has 1 rings (SSSR count). The molecular weight excluding hydrogens is 370 g/mol. The molecule has 0 atom stereocenters. The number of hydrogen-bond donors (Lipinski definition) is 2. The first-order chi connectivity index (χ1) is 9.35. The van der Waals surface area contributed by atoms with E-state index in [2.05, 4.69) is 25.3 Å². The van der Waals surface area contributed by atoms with Gasteiger partial charge in [0.15, 0.2) is 5.71 Å². The van der Waals surface area contributed by atoms with Crippen molar-refractivity contribution in [2.45, 2.75) is 12.8 Å². The van der Waals surface area contributed by atoms with Crippen molar-refractivity contribution in [3.8, 4) is 0 Å². The third kappa shape index (κ3) is 4.97. The molecule has 0 bridgehead atoms. The van der Waals surface area contributed by atoms with Crippen LogP contribution in [-0.4, -0.2) is 40.9 Å². The Kier molecular flexibility index (Phi) is 7.90. The van der Waals surface area contributed by atoms with Crippen LogP contribution in [0.5, 0.6) is 0 Å². The van der Waals surface area contributed by atoms with E-state index in [1.54, 1.807) is 0 Å². The molecule has 0 spiro atoms. The summed E-state index contributed by atoms with van der Waals surface area (Å²) in [6.07, 6.45) is -4.00. The van der Waals surface area contributed by atoms with Crippen LogP contribution in [0.2, 0.25) is 0 Å². The maximum absolute atomic E-state index is 12.5. The van der Waals surface area contributed by atoms with Crippen LogP contribution >= 0.6 is 0 Å². The predicted octanol–water partition coefficient (Wildman–Crippen LogP) is 0.0817. The second-order valence-corrected chi connectivity index (χ2v) is 3.41. The van der Waals surface area contributed by atoms with E-state index in [1.165, 1.54) is 7.05 Å². The number of aliphatic hydroxyl groups excluding tert-OH is 1. The van der Waals surface area contributed by atoms with E-state index in [9.17, 15) is 18.0 Å². The molecule has 113 valence electrons. The van der Waals surface area contributed by atoms with Crippen molar-refractivity contribution < 1.29 is 60.6 Å². The molecular formula is C10H11F3N4O3Y. The van der Waals surface area contributed by atoms with Crippen molar-refractivity contribution in [2.75, 3.05) is 14.2 Å². The molecule has 1 heterocycles. The molecule has 0 aliphatic carbocycles. The number of rotatable bonds is 4. The van der Waals surface area contributed by atoms with Crippen molar-refractivity contribution in [2.24, 2.45) is 5.16 Å². The minimum absolute atomic E-state index is 0. The SMILES string of the molecule is CNC(=O)/C(=N/OC)c1cnc(C(F)(F)F)nc1CO.[Y]. The van der Waals surface area contributed by atoms with Crippen LogP contribution in [0, 0.1) is 0 Å². The minimum Gasteiger partial charge on any atom is -0.398 e. The van der Waals surface area contributed by atoms with Crippen LogP contribution in [0.15, 0.2) is 11.4 Å².